The molecule has 2 aromatic carbocycles. The Morgan fingerprint density at radius 1 is 0.771 bits per heavy atom. The highest BCUT2D eigenvalue weighted by molar-refractivity contribution is 7.86. The lowest BCUT2D eigenvalue weighted by Gasteiger charge is -2.19. The normalized spacial score (nSPS) is 15.2. The van der Waals surface area contributed by atoms with Crippen molar-refractivity contribution in [1.29, 1.82) is 0 Å². The summed E-state index contributed by atoms with van der Waals surface area (Å²) in [5.41, 5.74) is 0.176. The standard InChI is InChI=1S/C35H52N2O9S2/c1-2-3-4-5-6-7-8-9-10-11-12-13-14-15-16-17-24-36-35(39)28-25-34(38)37(27-28)29-18-23-32(33(26-29)48(43,44)45)46-30-19-21-31(22-20-30)47(40,41)42/h18-23,26,28H,2-17,24-25,27H2,1H3,(H,36,39)(H,40,41,42)(H,43,44,45). The minimum Gasteiger partial charge on any atom is -0.456 e. The molecule has 0 spiro atoms. The summed E-state index contributed by atoms with van der Waals surface area (Å²) < 4.78 is 71.4. The maximum atomic E-state index is 12.8. The fourth-order valence-corrected chi connectivity index (χ4v) is 7.03. The Bertz CT molecular complexity index is 1530. The van der Waals surface area contributed by atoms with Crippen LogP contribution in [-0.4, -0.2) is 50.8 Å². The van der Waals surface area contributed by atoms with E-state index in [4.69, 9.17) is 9.29 Å². The van der Waals surface area contributed by atoms with Gasteiger partial charge in [0, 0.05) is 25.2 Å². The van der Waals surface area contributed by atoms with Crippen LogP contribution < -0.4 is 15.0 Å². The van der Waals surface area contributed by atoms with Crippen LogP contribution in [-0.2, 0) is 29.8 Å². The minimum atomic E-state index is -4.80. The van der Waals surface area contributed by atoms with Crippen molar-refractivity contribution in [2.45, 2.75) is 126 Å². The molecule has 1 fully saturated rings. The molecule has 1 unspecified atom stereocenters. The Morgan fingerprint density at radius 2 is 1.29 bits per heavy atom. The molecule has 11 nitrogen and oxygen atoms in total. The van der Waals surface area contributed by atoms with Crippen molar-refractivity contribution in [3.05, 3.63) is 42.5 Å². The zero-order valence-corrected chi connectivity index (χ0v) is 29.7. The van der Waals surface area contributed by atoms with E-state index < -0.39 is 31.0 Å². The molecule has 0 aromatic heterocycles. The van der Waals surface area contributed by atoms with Gasteiger partial charge in [0.15, 0.2) is 0 Å². The highest BCUT2D eigenvalue weighted by Gasteiger charge is 2.35. The van der Waals surface area contributed by atoms with Gasteiger partial charge in [-0.2, -0.15) is 16.8 Å². The summed E-state index contributed by atoms with van der Waals surface area (Å²) in [5.74, 6) is -1.40. The van der Waals surface area contributed by atoms with E-state index in [9.17, 15) is 31.0 Å². The number of anilines is 1. The average Bonchev–Trinajstić information content (AvgIpc) is 3.43. The van der Waals surface area contributed by atoms with E-state index in [0.29, 0.717) is 6.54 Å². The van der Waals surface area contributed by atoms with E-state index in [1.54, 1.807) is 0 Å². The Balaban J connectivity index is 1.36. The smallest absolute Gasteiger partial charge is 0.298 e. The molecule has 13 heteroatoms. The number of carbonyl (C=O) groups is 2. The first-order valence-electron chi connectivity index (χ1n) is 17.3. The van der Waals surface area contributed by atoms with Gasteiger partial charge < -0.3 is 15.0 Å². The van der Waals surface area contributed by atoms with E-state index in [2.05, 4.69) is 12.2 Å². The quantitative estimate of drug-likeness (QED) is 0.0774. The first kappa shape index (κ1) is 39.4. The predicted molar refractivity (Wildman–Crippen MR) is 186 cm³/mol. The van der Waals surface area contributed by atoms with Crippen molar-refractivity contribution in [2.24, 2.45) is 5.92 Å². The SMILES string of the molecule is CCCCCCCCCCCCCCCCCCNC(=O)C1CC(=O)N(c2ccc(Oc3ccc(S(=O)(=O)O)cc3)c(S(=O)(=O)O)c2)C1. The van der Waals surface area contributed by atoms with Gasteiger partial charge in [-0.3, -0.25) is 18.7 Å². The second-order valence-electron chi connectivity index (χ2n) is 12.7. The predicted octanol–water partition coefficient (Wildman–Crippen LogP) is 7.70. The maximum Gasteiger partial charge on any atom is 0.298 e. The van der Waals surface area contributed by atoms with Gasteiger partial charge in [0.25, 0.3) is 20.2 Å². The summed E-state index contributed by atoms with van der Waals surface area (Å²) in [7, 11) is -9.23. The van der Waals surface area contributed by atoms with Gasteiger partial charge in [0.05, 0.1) is 10.8 Å². The van der Waals surface area contributed by atoms with Crippen molar-refractivity contribution >= 4 is 37.7 Å². The second kappa shape index (κ2) is 19.9. The molecule has 268 valence electrons. The molecule has 1 aliphatic heterocycles. The van der Waals surface area contributed by atoms with Crippen molar-refractivity contribution < 1.29 is 40.3 Å². The van der Waals surface area contributed by atoms with Crippen LogP contribution in [0, 0.1) is 5.92 Å². The van der Waals surface area contributed by atoms with E-state index in [1.165, 1.54) is 113 Å². The molecule has 0 aliphatic carbocycles. The van der Waals surface area contributed by atoms with Crippen LogP contribution in [0.4, 0.5) is 5.69 Å². The molecular formula is C35H52N2O9S2. The monoisotopic (exact) mass is 708 g/mol. The summed E-state index contributed by atoms with van der Waals surface area (Å²) in [5, 5.41) is 2.93. The maximum absolute atomic E-state index is 12.8. The number of nitrogens with zero attached hydrogens (tertiary/aromatic N) is 1. The van der Waals surface area contributed by atoms with Crippen LogP contribution in [0.15, 0.2) is 52.3 Å². The number of nitrogens with one attached hydrogen (secondary N) is 1. The van der Waals surface area contributed by atoms with Crippen LogP contribution >= 0.6 is 0 Å². The third-order valence-electron chi connectivity index (χ3n) is 8.69. The first-order valence-corrected chi connectivity index (χ1v) is 20.2. The highest BCUT2D eigenvalue weighted by atomic mass is 32.2. The molecule has 1 heterocycles. The molecule has 0 bridgehead atoms. The van der Waals surface area contributed by atoms with Crippen molar-refractivity contribution in [3.8, 4) is 11.5 Å². The molecule has 2 amide bonds. The van der Waals surface area contributed by atoms with Crippen LogP contribution in [0.5, 0.6) is 11.5 Å². The minimum absolute atomic E-state index is 0.0234. The van der Waals surface area contributed by atoms with Gasteiger partial charge in [-0.25, -0.2) is 0 Å². The van der Waals surface area contributed by atoms with Crippen LogP contribution in [0.1, 0.15) is 116 Å². The number of hydrogen-bond acceptors (Lipinski definition) is 7. The Labute approximate surface area is 286 Å². The Kier molecular flexibility index (Phi) is 16.3. The Morgan fingerprint density at radius 3 is 1.79 bits per heavy atom. The van der Waals surface area contributed by atoms with Crippen molar-refractivity contribution in [1.82, 2.24) is 5.32 Å². The van der Waals surface area contributed by atoms with E-state index in [0.717, 1.165) is 37.5 Å². The molecule has 0 saturated carbocycles. The zero-order valence-electron chi connectivity index (χ0n) is 28.1. The topological polar surface area (TPSA) is 167 Å². The summed E-state index contributed by atoms with van der Waals surface area (Å²) in [6.45, 7) is 2.85. The molecule has 0 radical (unpaired) electrons. The number of ether oxygens (including phenoxy) is 1. The van der Waals surface area contributed by atoms with Crippen molar-refractivity contribution in [3.63, 3.8) is 0 Å². The van der Waals surface area contributed by atoms with Gasteiger partial charge >= 0.3 is 0 Å². The summed E-state index contributed by atoms with van der Waals surface area (Å²) in [6, 6.07) is 8.33. The largest absolute Gasteiger partial charge is 0.456 e. The molecule has 2 aromatic rings. The molecule has 1 saturated heterocycles. The molecule has 48 heavy (non-hydrogen) atoms. The first-order chi connectivity index (χ1) is 22.9. The summed E-state index contributed by atoms with van der Waals surface area (Å²) in [4.78, 5) is 25.9. The number of carbonyl (C=O) groups excluding carboxylic acids is 2. The van der Waals surface area contributed by atoms with Gasteiger partial charge in [-0.15, -0.1) is 0 Å². The lowest BCUT2D eigenvalue weighted by atomic mass is 10.0. The lowest BCUT2D eigenvalue weighted by molar-refractivity contribution is -0.126. The van der Waals surface area contributed by atoms with Crippen molar-refractivity contribution in [2.75, 3.05) is 18.0 Å². The van der Waals surface area contributed by atoms with E-state index >= 15 is 0 Å². The molecule has 3 N–H and O–H groups in total. The van der Waals surface area contributed by atoms with Crippen LogP contribution in [0.25, 0.3) is 0 Å². The fraction of sp³-hybridized carbons (Fsp3) is 0.600. The number of unbranched alkanes of at least 4 members (excludes halogenated alkanes) is 15. The number of amides is 2. The second-order valence-corrected chi connectivity index (χ2v) is 15.5. The number of benzene rings is 2. The molecule has 3 rings (SSSR count). The van der Waals surface area contributed by atoms with Gasteiger partial charge in [0.2, 0.25) is 11.8 Å². The zero-order chi connectivity index (χ0) is 35.0. The van der Waals surface area contributed by atoms with Gasteiger partial charge in [0.1, 0.15) is 16.4 Å². The molecule has 1 aliphatic rings. The third-order valence-corrected chi connectivity index (χ3v) is 10.4. The highest BCUT2D eigenvalue weighted by Crippen LogP contribution is 2.35. The van der Waals surface area contributed by atoms with Gasteiger partial charge in [-0.05, 0) is 48.9 Å². The summed E-state index contributed by atoms with van der Waals surface area (Å²) in [6.07, 6.45) is 20.3. The lowest BCUT2D eigenvalue weighted by Crippen LogP contribution is -2.33. The van der Waals surface area contributed by atoms with Crippen LogP contribution in [0.3, 0.4) is 0 Å². The Hall–Kier alpha value is -3.00. The fourth-order valence-electron chi connectivity index (χ4n) is 5.92. The van der Waals surface area contributed by atoms with E-state index in [-0.39, 0.29) is 46.9 Å². The number of rotatable bonds is 23. The molecule has 1 atom stereocenters. The van der Waals surface area contributed by atoms with Gasteiger partial charge in [-0.1, -0.05) is 103 Å². The molecular weight excluding hydrogens is 657 g/mol. The third kappa shape index (κ3) is 13.5. The number of hydrogen-bond donors (Lipinski definition) is 3. The van der Waals surface area contributed by atoms with E-state index in [1.807, 2.05) is 0 Å². The average molecular weight is 709 g/mol. The van der Waals surface area contributed by atoms with Crippen LogP contribution in [0.2, 0.25) is 0 Å². The summed E-state index contributed by atoms with van der Waals surface area (Å²) >= 11 is 0.